The highest BCUT2D eigenvalue weighted by Gasteiger charge is 2.10. The molecular formula is C8H16N2O4S. The molecule has 7 heteroatoms. The van der Waals surface area contributed by atoms with E-state index in [0.717, 1.165) is 6.42 Å². The van der Waals surface area contributed by atoms with Crippen LogP contribution < -0.4 is 9.40 Å². The molecule has 88 valence electrons. The standard InChI is InChI=1S/C7H13N2O.CH4O3S/c1-4-7-8(2)5-6-9(7)10-3;1-5(2,3)4/h5-6H,4H2,1-3H3;1H3,(H,2,3,4)/q+1;/p-1. The van der Waals surface area contributed by atoms with Gasteiger partial charge in [-0.25, -0.2) is 13.0 Å². The zero-order valence-electron chi connectivity index (χ0n) is 9.30. The lowest BCUT2D eigenvalue weighted by Gasteiger charge is -1.94. The number of nitrogens with zero attached hydrogens (tertiary/aromatic N) is 2. The van der Waals surface area contributed by atoms with E-state index in [0.29, 0.717) is 6.26 Å². The lowest BCUT2D eigenvalue weighted by Crippen LogP contribution is -2.32. The average molecular weight is 236 g/mol. The van der Waals surface area contributed by atoms with E-state index >= 15 is 0 Å². The molecule has 6 nitrogen and oxygen atoms in total. The molecule has 0 fully saturated rings. The van der Waals surface area contributed by atoms with Gasteiger partial charge in [-0.1, -0.05) is 11.7 Å². The molecule has 0 bridgehead atoms. The Morgan fingerprint density at radius 3 is 2.33 bits per heavy atom. The molecule has 0 atom stereocenters. The van der Waals surface area contributed by atoms with Crippen LogP contribution in [0.4, 0.5) is 0 Å². The van der Waals surface area contributed by atoms with Crippen LogP contribution in [-0.2, 0) is 23.6 Å². The Labute approximate surface area is 89.8 Å². The van der Waals surface area contributed by atoms with Gasteiger partial charge in [-0.15, -0.1) is 0 Å². The van der Waals surface area contributed by atoms with Gasteiger partial charge in [0.15, 0.2) is 6.20 Å². The van der Waals surface area contributed by atoms with Gasteiger partial charge in [-0.2, -0.15) is 0 Å². The van der Waals surface area contributed by atoms with Crippen LogP contribution in [-0.4, -0.2) is 31.1 Å². The molecule has 0 amide bonds. The van der Waals surface area contributed by atoms with Crippen molar-refractivity contribution in [2.45, 2.75) is 13.3 Å². The van der Waals surface area contributed by atoms with Gasteiger partial charge < -0.3 is 9.39 Å². The van der Waals surface area contributed by atoms with Crippen molar-refractivity contribution in [2.24, 2.45) is 7.05 Å². The highest BCUT2D eigenvalue weighted by atomic mass is 32.2. The van der Waals surface area contributed by atoms with Gasteiger partial charge in [-0.05, 0) is 0 Å². The number of aromatic nitrogens is 2. The first-order chi connectivity index (χ1) is 6.79. The van der Waals surface area contributed by atoms with E-state index in [1.807, 2.05) is 24.0 Å². The van der Waals surface area contributed by atoms with E-state index < -0.39 is 10.1 Å². The van der Waals surface area contributed by atoms with Crippen LogP contribution in [0.1, 0.15) is 12.7 Å². The summed E-state index contributed by atoms with van der Waals surface area (Å²) in [6.45, 7) is 2.10. The number of hydrogen-bond acceptors (Lipinski definition) is 4. The van der Waals surface area contributed by atoms with Gasteiger partial charge in [0.25, 0.3) is 5.82 Å². The van der Waals surface area contributed by atoms with Crippen LogP contribution >= 0.6 is 0 Å². The molecule has 0 aromatic carbocycles. The molecule has 0 saturated carbocycles. The van der Waals surface area contributed by atoms with Crippen molar-refractivity contribution < 1.29 is 22.4 Å². The van der Waals surface area contributed by atoms with Crippen LogP contribution in [0.2, 0.25) is 0 Å². The summed E-state index contributed by atoms with van der Waals surface area (Å²) in [5, 5.41) is 0. The van der Waals surface area contributed by atoms with E-state index in [-0.39, 0.29) is 0 Å². The number of imidazole rings is 1. The summed E-state index contributed by atoms with van der Waals surface area (Å²) in [6, 6.07) is 0. The van der Waals surface area contributed by atoms with Crippen molar-refractivity contribution in [3.63, 3.8) is 0 Å². The van der Waals surface area contributed by atoms with Crippen molar-refractivity contribution in [3.8, 4) is 0 Å². The minimum absolute atomic E-state index is 0.604. The first-order valence-corrected chi connectivity index (χ1v) is 6.12. The third kappa shape index (κ3) is 6.08. The molecule has 1 aromatic rings. The zero-order valence-corrected chi connectivity index (χ0v) is 10.1. The summed E-state index contributed by atoms with van der Waals surface area (Å²) in [6.07, 6.45) is 5.46. The fourth-order valence-corrected chi connectivity index (χ4v) is 1.06. The number of hydrogen-bond donors (Lipinski definition) is 0. The van der Waals surface area contributed by atoms with Crippen LogP contribution in [0.25, 0.3) is 0 Å². The Hall–Kier alpha value is -1.08. The second-order valence-electron chi connectivity index (χ2n) is 2.89. The summed E-state index contributed by atoms with van der Waals surface area (Å²) >= 11 is 0. The first kappa shape index (κ1) is 13.9. The maximum Gasteiger partial charge on any atom is 0.295 e. The van der Waals surface area contributed by atoms with Crippen molar-refractivity contribution >= 4 is 10.1 Å². The quantitative estimate of drug-likeness (QED) is 0.492. The Morgan fingerprint density at radius 2 is 2.07 bits per heavy atom. The van der Waals surface area contributed by atoms with Crippen molar-refractivity contribution in [1.29, 1.82) is 0 Å². The van der Waals surface area contributed by atoms with E-state index in [2.05, 4.69) is 6.92 Å². The molecule has 0 radical (unpaired) electrons. The van der Waals surface area contributed by atoms with Gasteiger partial charge in [-0.3, -0.25) is 0 Å². The molecular weight excluding hydrogens is 220 g/mol. The Bertz CT molecular complexity index is 389. The van der Waals surface area contributed by atoms with Crippen LogP contribution in [0.3, 0.4) is 0 Å². The summed E-state index contributed by atoms with van der Waals surface area (Å²) < 4.78 is 31.0. The molecule has 0 aliphatic heterocycles. The number of rotatable bonds is 2. The normalized spacial score (nSPS) is 10.5. The van der Waals surface area contributed by atoms with Gasteiger partial charge in [0.05, 0.1) is 23.6 Å². The van der Waals surface area contributed by atoms with E-state index in [1.54, 1.807) is 11.8 Å². The largest absolute Gasteiger partial charge is 0.748 e. The molecule has 1 heterocycles. The summed E-state index contributed by atoms with van der Waals surface area (Å²) in [7, 11) is -0.243. The second kappa shape index (κ2) is 5.72. The first-order valence-electron chi connectivity index (χ1n) is 4.30. The van der Waals surface area contributed by atoms with E-state index in [9.17, 15) is 0 Å². The predicted octanol–water partition coefficient (Wildman–Crippen LogP) is -0.905. The van der Waals surface area contributed by atoms with Crippen molar-refractivity contribution in [1.82, 2.24) is 4.73 Å². The highest BCUT2D eigenvalue weighted by molar-refractivity contribution is 7.84. The Balaban J connectivity index is 0.000000336. The van der Waals surface area contributed by atoms with Crippen molar-refractivity contribution in [2.75, 3.05) is 13.4 Å². The fraction of sp³-hybridized carbons (Fsp3) is 0.625. The third-order valence-corrected chi connectivity index (χ3v) is 1.60. The molecule has 0 aliphatic carbocycles. The third-order valence-electron chi connectivity index (χ3n) is 1.60. The van der Waals surface area contributed by atoms with Gasteiger partial charge in [0, 0.05) is 6.26 Å². The predicted molar refractivity (Wildman–Crippen MR) is 53.1 cm³/mol. The molecule has 1 rings (SSSR count). The minimum atomic E-state index is -3.92. The summed E-state index contributed by atoms with van der Waals surface area (Å²) in [5.41, 5.74) is 0. The van der Waals surface area contributed by atoms with Crippen molar-refractivity contribution in [3.05, 3.63) is 18.2 Å². The highest BCUT2D eigenvalue weighted by Crippen LogP contribution is 1.90. The van der Waals surface area contributed by atoms with Crippen LogP contribution in [0.15, 0.2) is 12.4 Å². The molecule has 1 aromatic heterocycles. The maximum atomic E-state index is 9.08. The van der Waals surface area contributed by atoms with Gasteiger partial charge in [0.2, 0.25) is 0 Å². The smallest absolute Gasteiger partial charge is 0.295 e. The Morgan fingerprint density at radius 1 is 1.60 bits per heavy atom. The Kier molecular flexibility index (Phi) is 5.31. The average Bonchev–Trinajstić information content (AvgIpc) is 2.43. The number of aryl methyl sites for hydroxylation is 1. The summed E-state index contributed by atoms with van der Waals surface area (Å²) in [5.74, 6) is 1.17. The molecule has 0 saturated heterocycles. The lowest BCUT2D eigenvalue weighted by atomic mass is 10.5. The van der Waals surface area contributed by atoms with Crippen LogP contribution in [0.5, 0.6) is 0 Å². The molecule has 0 aliphatic rings. The SMILES string of the molecule is CCc1n(OC)cc[n+]1C.CS(=O)(=O)[O-]. The molecule has 0 unspecified atom stereocenters. The maximum absolute atomic E-state index is 9.08. The summed E-state index contributed by atoms with van der Waals surface area (Å²) in [4.78, 5) is 5.05. The topological polar surface area (TPSA) is 75.2 Å². The zero-order chi connectivity index (χ0) is 12.1. The van der Waals surface area contributed by atoms with E-state index in [4.69, 9.17) is 17.8 Å². The van der Waals surface area contributed by atoms with Crippen LogP contribution in [0, 0.1) is 0 Å². The fourth-order valence-electron chi connectivity index (χ4n) is 1.06. The van der Waals surface area contributed by atoms with E-state index in [1.165, 1.54) is 5.82 Å². The monoisotopic (exact) mass is 236 g/mol. The lowest BCUT2D eigenvalue weighted by molar-refractivity contribution is -0.679. The van der Waals surface area contributed by atoms with Gasteiger partial charge in [0.1, 0.15) is 13.3 Å². The van der Waals surface area contributed by atoms with Gasteiger partial charge >= 0.3 is 0 Å². The minimum Gasteiger partial charge on any atom is -0.748 e. The second-order valence-corrected chi connectivity index (χ2v) is 4.30. The molecule has 0 spiro atoms. The molecule has 15 heavy (non-hydrogen) atoms. The molecule has 0 N–H and O–H groups in total.